The van der Waals surface area contributed by atoms with Gasteiger partial charge in [-0.25, -0.2) is 13.8 Å². The van der Waals surface area contributed by atoms with Crippen LogP contribution in [0.3, 0.4) is 0 Å². The Hall–Kier alpha value is -1.65. The third kappa shape index (κ3) is 1.91. The summed E-state index contributed by atoms with van der Waals surface area (Å²) in [7, 11) is 0. The number of rotatable bonds is 1. The van der Waals surface area contributed by atoms with Crippen LogP contribution in [-0.4, -0.2) is 12.5 Å². The summed E-state index contributed by atoms with van der Waals surface area (Å²) in [5.74, 6) is -1.41. The standard InChI is InChI=1S/C10H11F2N3/c11-7-3-1-2-6(9(7)12)8-4-5-14-10(13)15-8/h1-3,8H,4-5H2,(H3,13,14,15). The number of nitrogens with one attached hydrogen (secondary N) is 1. The van der Waals surface area contributed by atoms with Crippen LogP contribution in [0.15, 0.2) is 23.2 Å². The van der Waals surface area contributed by atoms with E-state index in [-0.39, 0.29) is 17.6 Å². The zero-order valence-electron chi connectivity index (χ0n) is 8.00. The van der Waals surface area contributed by atoms with Gasteiger partial charge in [0.05, 0.1) is 6.04 Å². The van der Waals surface area contributed by atoms with E-state index in [1.165, 1.54) is 12.1 Å². The molecule has 1 heterocycles. The number of guanidine groups is 1. The summed E-state index contributed by atoms with van der Waals surface area (Å²) >= 11 is 0. The molecule has 3 nitrogen and oxygen atoms in total. The number of hydrogen-bond donors (Lipinski definition) is 2. The van der Waals surface area contributed by atoms with Crippen LogP contribution in [-0.2, 0) is 0 Å². The molecule has 15 heavy (non-hydrogen) atoms. The molecule has 0 saturated carbocycles. The molecule has 0 saturated heterocycles. The van der Waals surface area contributed by atoms with Gasteiger partial charge in [-0.05, 0) is 12.5 Å². The highest BCUT2D eigenvalue weighted by molar-refractivity contribution is 5.78. The van der Waals surface area contributed by atoms with Crippen LogP contribution in [0.5, 0.6) is 0 Å². The number of aliphatic imine (C=N–C) groups is 1. The zero-order valence-corrected chi connectivity index (χ0v) is 8.00. The van der Waals surface area contributed by atoms with E-state index in [2.05, 4.69) is 10.3 Å². The predicted octanol–water partition coefficient (Wildman–Crippen LogP) is 1.31. The molecule has 1 aliphatic heterocycles. The van der Waals surface area contributed by atoms with Crippen LogP contribution in [0.2, 0.25) is 0 Å². The van der Waals surface area contributed by atoms with E-state index in [0.29, 0.717) is 13.0 Å². The van der Waals surface area contributed by atoms with Crippen LogP contribution in [0.4, 0.5) is 8.78 Å². The summed E-state index contributed by atoms with van der Waals surface area (Å²) in [6.07, 6.45) is 0.612. The van der Waals surface area contributed by atoms with E-state index < -0.39 is 11.6 Å². The first-order chi connectivity index (χ1) is 7.18. The minimum absolute atomic E-state index is 0.263. The lowest BCUT2D eigenvalue weighted by Crippen LogP contribution is -2.37. The second-order valence-electron chi connectivity index (χ2n) is 3.39. The summed E-state index contributed by atoms with van der Waals surface area (Å²) < 4.78 is 26.4. The smallest absolute Gasteiger partial charge is 0.189 e. The van der Waals surface area contributed by atoms with Gasteiger partial charge in [0, 0.05) is 12.1 Å². The van der Waals surface area contributed by atoms with Crippen molar-refractivity contribution in [3.8, 4) is 0 Å². The molecule has 0 fully saturated rings. The van der Waals surface area contributed by atoms with E-state index >= 15 is 0 Å². The van der Waals surface area contributed by atoms with Crippen molar-refractivity contribution < 1.29 is 8.78 Å². The molecule has 5 heteroatoms. The molecule has 0 amide bonds. The molecule has 0 aromatic heterocycles. The summed E-state index contributed by atoms with van der Waals surface area (Å²) in [6, 6.07) is 3.71. The maximum Gasteiger partial charge on any atom is 0.189 e. The highest BCUT2D eigenvalue weighted by atomic mass is 19.2. The van der Waals surface area contributed by atoms with Crippen molar-refractivity contribution in [1.82, 2.24) is 5.32 Å². The topological polar surface area (TPSA) is 50.4 Å². The zero-order chi connectivity index (χ0) is 10.8. The Morgan fingerprint density at radius 3 is 2.93 bits per heavy atom. The first-order valence-electron chi connectivity index (χ1n) is 4.69. The Kier molecular flexibility index (Phi) is 2.53. The SMILES string of the molecule is NC1=NC(c2cccc(F)c2F)CCN1. The van der Waals surface area contributed by atoms with Crippen LogP contribution in [0.1, 0.15) is 18.0 Å². The maximum atomic E-state index is 13.4. The summed E-state index contributed by atoms with van der Waals surface area (Å²) in [4.78, 5) is 4.03. The second-order valence-corrected chi connectivity index (χ2v) is 3.39. The van der Waals surface area contributed by atoms with Gasteiger partial charge < -0.3 is 11.1 Å². The summed E-state index contributed by atoms with van der Waals surface area (Å²) in [6.45, 7) is 0.621. The third-order valence-corrected chi connectivity index (χ3v) is 2.36. The largest absolute Gasteiger partial charge is 0.370 e. The van der Waals surface area contributed by atoms with Gasteiger partial charge in [0.15, 0.2) is 17.6 Å². The van der Waals surface area contributed by atoms with Crippen molar-refractivity contribution in [2.24, 2.45) is 10.7 Å². The van der Waals surface area contributed by atoms with Crippen molar-refractivity contribution in [3.63, 3.8) is 0 Å². The van der Waals surface area contributed by atoms with E-state index in [1.54, 1.807) is 0 Å². The van der Waals surface area contributed by atoms with Crippen molar-refractivity contribution in [3.05, 3.63) is 35.4 Å². The van der Waals surface area contributed by atoms with Gasteiger partial charge in [0.2, 0.25) is 0 Å². The number of hydrogen-bond acceptors (Lipinski definition) is 3. The van der Waals surface area contributed by atoms with Gasteiger partial charge in [-0.3, -0.25) is 0 Å². The third-order valence-electron chi connectivity index (χ3n) is 2.36. The lowest BCUT2D eigenvalue weighted by atomic mass is 10.0. The van der Waals surface area contributed by atoms with Crippen molar-refractivity contribution in [2.75, 3.05) is 6.54 Å². The van der Waals surface area contributed by atoms with E-state index in [0.717, 1.165) is 6.07 Å². The van der Waals surface area contributed by atoms with Gasteiger partial charge in [0.25, 0.3) is 0 Å². The molecule has 1 aromatic carbocycles. The molecule has 3 N–H and O–H groups in total. The minimum Gasteiger partial charge on any atom is -0.370 e. The number of nitrogens with two attached hydrogens (primary N) is 1. The van der Waals surface area contributed by atoms with Crippen LogP contribution < -0.4 is 11.1 Å². The first kappa shape index (κ1) is 9.89. The van der Waals surface area contributed by atoms with Gasteiger partial charge in [-0.2, -0.15) is 0 Å². The molecule has 80 valence electrons. The molecule has 1 aliphatic rings. The highest BCUT2D eigenvalue weighted by Crippen LogP contribution is 2.26. The monoisotopic (exact) mass is 211 g/mol. The average molecular weight is 211 g/mol. The second kappa shape index (κ2) is 3.84. The number of halogens is 2. The summed E-state index contributed by atoms with van der Waals surface area (Å²) in [5, 5.41) is 2.83. The Labute approximate surface area is 86.0 Å². The molecular formula is C10H11F2N3. The molecule has 0 radical (unpaired) electrons. The number of nitrogens with zero attached hydrogens (tertiary/aromatic N) is 1. The molecule has 0 aliphatic carbocycles. The fourth-order valence-electron chi connectivity index (χ4n) is 1.62. The molecule has 1 atom stereocenters. The molecule has 1 aromatic rings. The molecule has 1 unspecified atom stereocenters. The van der Waals surface area contributed by atoms with Crippen LogP contribution >= 0.6 is 0 Å². The van der Waals surface area contributed by atoms with Gasteiger partial charge in [-0.1, -0.05) is 12.1 Å². The maximum absolute atomic E-state index is 13.4. The lowest BCUT2D eigenvalue weighted by Gasteiger charge is -2.20. The van der Waals surface area contributed by atoms with Crippen molar-refractivity contribution in [1.29, 1.82) is 0 Å². The Morgan fingerprint density at radius 1 is 1.40 bits per heavy atom. The number of benzene rings is 1. The van der Waals surface area contributed by atoms with E-state index in [4.69, 9.17) is 5.73 Å². The fraction of sp³-hybridized carbons (Fsp3) is 0.300. The Bertz CT molecular complexity index is 404. The van der Waals surface area contributed by atoms with Gasteiger partial charge in [-0.15, -0.1) is 0 Å². The normalized spacial score (nSPS) is 20.7. The average Bonchev–Trinajstić information content (AvgIpc) is 2.22. The van der Waals surface area contributed by atoms with Crippen LogP contribution in [0.25, 0.3) is 0 Å². The highest BCUT2D eigenvalue weighted by Gasteiger charge is 2.20. The minimum atomic E-state index is -0.847. The lowest BCUT2D eigenvalue weighted by molar-refractivity contribution is 0.479. The predicted molar refractivity (Wildman–Crippen MR) is 53.3 cm³/mol. The van der Waals surface area contributed by atoms with E-state index in [1.807, 2.05) is 0 Å². The van der Waals surface area contributed by atoms with Gasteiger partial charge in [0.1, 0.15) is 0 Å². The molecule has 0 spiro atoms. The van der Waals surface area contributed by atoms with Crippen molar-refractivity contribution >= 4 is 5.96 Å². The molecule has 2 rings (SSSR count). The van der Waals surface area contributed by atoms with E-state index in [9.17, 15) is 8.78 Å². The van der Waals surface area contributed by atoms with Crippen LogP contribution in [0, 0.1) is 11.6 Å². The summed E-state index contributed by atoms with van der Waals surface area (Å²) in [5.41, 5.74) is 5.74. The fourth-order valence-corrected chi connectivity index (χ4v) is 1.62. The Morgan fingerprint density at radius 2 is 2.20 bits per heavy atom. The quantitative estimate of drug-likeness (QED) is 0.736. The first-order valence-corrected chi connectivity index (χ1v) is 4.69. The Balaban J connectivity index is 2.37. The van der Waals surface area contributed by atoms with Gasteiger partial charge >= 0.3 is 0 Å². The molecule has 0 bridgehead atoms. The van der Waals surface area contributed by atoms with Crippen molar-refractivity contribution in [2.45, 2.75) is 12.5 Å². The molecular weight excluding hydrogens is 200 g/mol.